The van der Waals surface area contributed by atoms with Gasteiger partial charge >= 0.3 is 0 Å². The molecule has 0 saturated carbocycles. The molecule has 1 unspecified atom stereocenters. The van der Waals surface area contributed by atoms with Gasteiger partial charge in [-0.15, -0.1) is 0 Å². The maximum absolute atomic E-state index is 13.3. The van der Waals surface area contributed by atoms with Crippen molar-refractivity contribution >= 4 is 22.2 Å². The first-order valence-corrected chi connectivity index (χ1v) is 10.9. The highest BCUT2D eigenvalue weighted by Crippen LogP contribution is 2.27. The number of aryl methyl sites for hydroxylation is 1. The van der Waals surface area contributed by atoms with E-state index < -0.39 is 0 Å². The van der Waals surface area contributed by atoms with Gasteiger partial charge < -0.3 is 5.32 Å². The van der Waals surface area contributed by atoms with Gasteiger partial charge in [0.15, 0.2) is 5.78 Å². The third-order valence-corrected chi connectivity index (χ3v) is 5.83. The zero-order valence-electron chi connectivity index (χ0n) is 18.4. The fraction of sp³-hybridized carbons (Fsp3) is 0.207. The zero-order valence-corrected chi connectivity index (χ0v) is 18.4. The first-order valence-electron chi connectivity index (χ1n) is 10.9. The van der Waals surface area contributed by atoms with Crippen molar-refractivity contribution in [1.29, 1.82) is 0 Å². The van der Waals surface area contributed by atoms with E-state index >= 15 is 0 Å². The van der Waals surface area contributed by atoms with Crippen molar-refractivity contribution in [3.8, 4) is 0 Å². The summed E-state index contributed by atoms with van der Waals surface area (Å²) in [6, 6.07) is 31.0. The molecule has 2 nitrogen and oxygen atoms in total. The molecule has 0 spiro atoms. The molecule has 0 aliphatic heterocycles. The number of hydrogen-bond donors (Lipinski definition) is 1. The molecule has 2 heteroatoms. The van der Waals surface area contributed by atoms with Crippen molar-refractivity contribution in [3.05, 3.63) is 113 Å². The molecule has 4 aromatic carbocycles. The maximum Gasteiger partial charge on any atom is 0.165 e. The largest absolute Gasteiger partial charge is 0.378 e. The van der Waals surface area contributed by atoms with Crippen LogP contribution < -0.4 is 5.32 Å². The van der Waals surface area contributed by atoms with Crippen molar-refractivity contribution in [2.24, 2.45) is 0 Å². The number of hydrogen-bond acceptors (Lipinski definition) is 2. The van der Waals surface area contributed by atoms with Crippen molar-refractivity contribution < 1.29 is 4.79 Å². The van der Waals surface area contributed by atoms with Gasteiger partial charge in [-0.2, -0.15) is 0 Å². The molecule has 0 aromatic heterocycles. The minimum absolute atomic E-state index is 0.0954. The number of Topliss-reactive ketones (excluding diaryl/α,β-unsaturated/α-hetero) is 1. The first-order chi connectivity index (χ1) is 15.0. The Hall–Kier alpha value is -3.39. The number of anilines is 1. The van der Waals surface area contributed by atoms with Gasteiger partial charge in [0.2, 0.25) is 0 Å². The smallest absolute Gasteiger partial charge is 0.165 e. The normalized spacial score (nSPS) is 12.1. The van der Waals surface area contributed by atoms with Crippen LogP contribution in [0.3, 0.4) is 0 Å². The van der Waals surface area contributed by atoms with Crippen molar-refractivity contribution in [2.75, 3.05) is 5.32 Å². The monoisotopic (exact) mass is 407 g/mol. The van der Waals surface area contributed by atoms with Crippen LogP contribution in [0.15, 0.2) is 91.0 Å². The summed E-state index contributed by atoms with van der Waals surface area (Å²) in [6.45, 7) is 6.47. The van der Waals surface area contributed by atoms with E-state index in [1.54, 1.807) is 0 Å². The molecule has 1 atom stereocenters. The predicted octanol–water partition coefficient (Wildman–Crippen LogP) is 7.70. The van der Waals surface area contributed by atoms with Crippen LogP contribution in [0.5, 0.6) is 0 Å². The molecule has 0 bridgehead atoms. The SMILES string of the molecule is Cc1cccc(NC(CC(=O)c2ccc3ccccc3c2)c2ccc(C(C)C)cc2)c1. The van der Waals surface area contributed by atoms with E-state index in [-0.39, 0.29) is 11.8 Å². The lowest BCUT2D eigenvalue weighted by atomic mass is 9.94. The van der Waals surface area contributed by atoms with E-state index in [0.29, 0.717) is 12.3 Å². The average molecular weight is 408 g/mol. The predicted molar refractivity (Wildman–Crippen MR) is 131 cm³/mol. The molecule has 0 aliphatic rings. The fourth-order valence-corrected chi connectivity index (χ4v) is 3.97. The van der Waals surface area contributed by atoms with Crippen LogP contribution in [-0.2, 0) is 0 Å². The van der Waals surface area contributed by atoms with Gasteiger partial charge in [-0.05, 0) is 58.5 Å². The molecule has 0 radical (unpaired) electrons. The number of carbonyl (C=O) groups excluding carboxylic acids is 1. The number of carbonyl (C=O) groups is 1. The molecule has 0 saturated heterocycles. The summed E-state index contributed by atoms with van der Waals surface area (Å²) in [6.07, 6.45) is 0.396. The van der Waals surface area contributed by atoms with Crippen LogP contribution in [0.2, 0.25) is 0 Å². The molecule has 4 aromatic rings. The second kappa shape index (κ2) is 9.18. The summed E-state index contributed by atoms with van der Waals surface area (Å²) in [7, 11) is 0. The molecule has 31 heavy (non-hydrogen) atoms. The Morgan fingerprint density at radius 2 is 1.48 bits per heavy atom. The highest BCUT2D eigenvalue weighted by molar-refractivity contribution is 6.00. The van der Waals surface area contributed by atoms with E-state index in [0.717, 1.165) is 27.6 Å². The molecule has 0 fully saturated rings. The standard InChI is InChI=1S/C29H29NO/c1-20(2)22-11-14-24(15-12-22)28(30-27-10-6-7-21(3)17-27)19-29(31)26-16-13-23-8-4-5-9-25(23)18-26/h4-18,20,28,30H,19H2,1-3H3. The van der Waals surface area contributed by atoms with Crippen LogP contribution in [0.1, 0.15) is 59.3 Å². The topological polar surface area (TPSA) is 29.1 Å². The van der Waals surface area contributed by atoms with Crippen molar-refractivity contribution in [1.82, 2.24) is 0 Å². The Morgan fingerprint density at radius 1 is 0.774 bits per heavy atom. The molecular weight excluding hydrogens is 378 g/mol. The van der Waals surface area contributed by atoms with Crippen molar-refractivity contribution in [3.63, 3.8) is 0 Å². The number of rotatable bonds is 7. The van der Waals surface area contributed by atoms with E-state index in [9.17, 15) is 4.79 Å². The minimum Gasteiger partial charge on any atom is -0.378 e. The van der Waals surface area contributed by atoms with Crippen LogP contribution in [0.25, 0.3) is 10.8 Å². The first kappa shape index (κ1) is 20.9. The molecule has 1 N–H and O–H groups in total. The maximum atomic E-state index is 13.3. The van der Waals surface area contributed by atoms with Crippen molar-refractivity contribution in [2.45, 2.75) is 39.2 Å². The summed E-state index contributed by atoms with van der Waals surface area (Å²) in [4.78, 5) is 13.3. The zero-order chi connectivity index (χ0) is 21.8. The van der Waals surface area contributed by atoms with Gasteiger partial charge in [0.1, 0.15) is 0 Å². The molecule has 156 valence electrons. The fourth-order valence-electron chi connectivity index (χ4n) is 3.97. The Labute approximate surface area is 184 Å². The Balaban J connectivity index is 1.62. The van der Waals surface area contributed by atoms with Crippen LogP contribution in [-0.4, -0.2) is 5.78 Å². The molecular formula is C29H29NO. The Morgan fingerprint density at radius 3 is 2.19 bits per heavy atom. The van der Waals surface area contributed by atoms with Gasteiger partial charge in [0.05, 0.1) is 6.04 Å². The average Bonchev–Trinajstić information content (AvgIpc) is 2.78. The Bertz CT molecular complexity index is 1190. The summed E-state index contributed by atoms with van der Waals surface area (Å²) >= 11 is 0. The highest BCUT2D eigenvalue weighted by atomic mass is 16.1. The number of ketones is 1. The third-order valence-electron chi connectivity index (χ3n) is 5.83. The molecule has 0 heterocycles. The van der Waals surface area contributed by atoms with E-state index in [1.807, 2.05) is 36.4 Å². The molecule has 4 rings (SSSR count). The lowest BCUT2D eigenvalue weighted by Crippen LogP contribution is -2.16. The minimum atomic E-state index is -0.0954. The van der Waals surface area contributed by atoms with Crippen LogP contribution in [0, 0.1) is 6.92 Å². The van der Waals surface area contributed by atoms with Gasteiger partial charge in [-0.3, -0.25) is 4.79 Å². The van der Waals surface area contributed by atoms with Gasteiger partial charge in [-0.25, -0.2) is 0 Å². The third kappa shape index (κ3) is 5.03. The van der Waals surface area contributed by atoms with Crippen LogP contribution >= 0.6 is 0 Å². The number of fused-ring (bicyclic) bond motifs is 1. The summed E-state index contributed by atoms with van der Waals surface area (Å²) in [5.41, 5.74) is 5.41. The summed E-state index contributed by atoms with van der Waals surface area (Å²) < 4.78 is 0. The van der Waals surface area contributed by atoms with Gasteiger partial charge in [0, 0.05) is 17.7 Å². The van der Waals surface area contributed by atoms with Gasteiger partial charge in [-0.1, -0.05) is 86.6 Å². The highest BCUT2D eigenvalue weighted by Gasteiger charge is 2.18. The summed E-state index contributed by atoms with van der Waals surface area (Å²) in [5.74, 6) is 0.625. The molecule has 0 amide bonds. The lowest BCUT2D eigenvalue weighted by molar-refractivity contribution is 0.0976. The number of benzene rings is 4. The lowest BCUT2D eigenvalue weighted by Gasteiger charge is -2.21. The summed E-state index contributed by atoms with van der Waals surface area (Å²) in [5, 5.41) is 5.85. The number of nitrogens with one attached hydrogen (secondary N) is 1. The van der Waals surface area contributed by atoms with Gasteiger partial charge in [0.25, 0.3) is 0 Å². The molecule has 0 aliphatic carbocycles. The second-order valence-electron chi connectivity index (χ2n) is 8.58. The quantitative estimate of drug-likeness (QED) is 0.318. The van der Waals surface area contributed by atoms with E-state index in [4.69, 9.17) is 0 Å². The van der Waals surface area contributed by atoms with E-state index in [1.165, 1.54) is 11.1 Å². The Kier molecular flexibility index (Phi) is 6.18. The van der Waals surface area contributed by atoms with E-state index in [2.05, 4.69) is 80.7 Å². The van der Waals surface area contributed by atoms with Crippen LogP contribution in [0.4, 0.5) is 5.69 Å². The second-order valence-corrected chi connectivity index (χ2v) is 8.58.